The van der Waals surface area contributed by atoms with Crippen LogP contribution >= 0.6 is 0 Å². The molecule has 0 aromatic heterocycles. The Morgan fingerprint density at radius 2 is 1.72 bits per heavy atom. The lowest BCUT2D eigenvalue weighted by Gasteiger charge is -1.97. The summed E-state index contributed by atoms with van der Waals surface area (Å²) < 4.78 is 67.7. The number of anilines is 1. The largest absolute Gasteiger partial charge is 0.522 e. The molecule has 0 aliphatic carbocycles. The molecule has 1 aliphatic heterocycles. The van der Waals surface area contributed by atoms with Crippen LogP contribution in [0.15, 0.2) is 18.2 Å². The second kappa shape index (κ2) is 4.90. The van der Waals surface area contributed by atoms with Gasteiger partial charge in [0.2, 0.25) is 6.79 Å². The molecule has 0 saturated carbocycles. The maximum absolute atomic E-state index is 10.7. The van der Waals surface area contributed by atoms with E-state index in [4.69, 9.17) is 28.2 Å². The van der Waals surface area contributed by atoms with Gasteiger partial charge < -0.3 is 15.2 Å². The molecule has 3 N–H and O–H groups in total. The first-order valence-corrected chi connectivity index (χ1v) is 5.74. The van der Waals surface area contributed by atoms with Crippen molar-refractivity contribution in [1.29, 1.82) is 0 Å². The number of hydrogen-bond acceptors (Lipinski definition) is 5. The molecule has 18 heavy (non-hydrogen) atoms. The van der Waals surface area contributed by atoms with Crippen LogP contribution in [0.2, 0.25) is 0 Å². The summed E-state index contributed by atoms with van der Waals surface area (Å²) in [7, 11) is -5.84. The first-order valence-electron chi connectivity index (χ1n) is 4.30. The molecule has 102 valence electrons. The van der Waals surface area contributed by atoms with Gasteiger partial charge in [0, 0.05) is 11.8 Å². The van der Waals surface area contributed by atoms with Crippen molar-refractivity contribution in [3.8, 4) is 11.5 Å². The lowest BCUT2D eigenvalue weighted by molar-refractivity contribution is -0.0510. The van der Waals surface area contributed by atoms with E-state index in [-0.39, 0.29) is 0 Å². The van der Waals surface area contributed by atoms with E-state index >= 15 is 0 Å². The molecule has 0 bridgehead atoms. The van der Waals surface area contributed by atoms with Crippen molar-refractivity contribution in [2.45, 2.75) is 5.51 Å². The summed E-state index contributed by atoms with van der Waals surface area (Å²) in [5.41, 5.74) is 0.659. The highest BCUT2D eigenvalue weighted by molar-refractivity contribution is 7.86. The Kier molecular flexibility index (Phi) is 3.92. The number of halogens is 3. The van der Waals surface area contributed by atoms with Gasteiger partial charge in [-0.15, -0.1) is 0 Å². The molecule has 0 fully saturated rings. The number of rotatable bonds is 0. The van der Waals surface area contributed by atoms with Crippen LogP contribution in [0.3, 0.4) is 0 Å². The fraction of sp³-hybridized carbons (Fsp3) is 0.250. The number of alkyl halides is 3. The van der Waals surface area contributed by atoms with Crippen LogP contribution < -0.4 is 15.2 Å². The summed E-state index contributed by atoms with van der Waals surface area (Å²) in [4.78, 5) is 0. The third-order valence-corrected chi connectivity index (χ3v) is 2.27. The minimum atomic E-state index is -5.84. The summed E-state index contributed by atoms with van der Waals surface area (Å²) in [6.07, 6.45) is 0. The van der Waals surface area contributed by atoms with Crippen molar-refractivity contribution in [2.75, 3.05) is 12.5 Å². The van der Waals surface area contributed by atoms with Gasteiger partial charge in [-0.05, 0) is 12.1 Å². The molecule has 0 saturated heterocycles. The lowest BCUT2D eigenvalue weighted by atomic mass is 10.3. The van der Waals surface area contributed by atoms with Crippen molar-refractivity contribution in [3.05, 3.63) is 18.2 Å². The summed E-state index contributed by atoms with van der Waals surface area (Å²) in [5, 5.41) is 0. The fourth-order valence-electron chi connectivity index (χ4n) is 0.913. The Morgan fingerprint density at radius 1 is 1.22 bits per heavy atom. The molecule has 1 aromatic rings. The third-order valence-electron chi connectivity index (χ3n) is 1.69. The van der Waals surface area contributed by atoms with E-state index in [0.29, 0.717) is 12.5 Å². The van der Waals surface area contributed by atoms with Crippen LogP contribution in [0.25, 0.3) is 0 Å². The second-order valence-electron chi connectivity index (χ2n) is 3.03. The molecule has 0 unspecified atom stereocenters. The van der Waals surface area contributed by atoms with Gasteiger partial charge >= 0.3 is 15.6 Å². The van der Waals surface area contributed by atoms with Crippen LogP contribution in [-0.2, 0) is 10.1 Å². The van der Waals surface area contributed by atoms with Gasteiger partial charge in [-0.2, -0.15) is 21.6 Å². The fourth-order valence-corrected chi connectivity index (χ4v) is 0.913. The van der Waals surface area contributed by atoms with Crippen LogP contribution in [0.1, 0.15) is 0 Å². The molecule has 0 atom stereocenters. The normalized spacial score (nSPS) is 13.8. The van der Waals surface area contributed by atoms with Crippen LogP contribution in [0, 0.1) is 0 Å². The summed E-state index contributed by atoms with van der Waals surface area (Å²) in [6.45, 7) is 0.304. The Hall–Kier alpha value is -1.68. The zero-order chi connectivity index (χ0) is 14.0. The van der Waals surface area contributed by atoms with Gasteiger partial charge in [0.05, 0.1) is 0 Å². The van der Waals surface area contributed by atoms with Gasteiger partial charge in [0.1, 0.15) is 0 Å². The lowest BCUT2D eigenvalue weighted by Crippen LogP contribution is -2.21. The molecule has 2 rings (SSSR count). The first-order chi connectivity index (χ1) is 8.11. The standard InChI is InChI=1S/C7H7NO2.CHF3O3S/c8-5-1-2-6-7(3-5)10-4-9-6;2-1(3,4)8(5,6)7/h1-3H,4,8H2;(H,5,6,7). The summed E-state index contributed by atoms with van der Waals surface area (Å²) in [6, 6.07) is 5.34. The maximum Gasteiger partial charge on any atom is 0.522 e. The Balaban J connectivity index is 0.000000187. The molecule has 6 nitrogen and oxygen atoms in total. The number of ether oxygens (including phenoxy) is 2. The van der Waals surface area contributed by atoms with Crippen LogP contribution in [0.4, 0.5) is 18.9 Å². The van der Waals surface area contributed by atoms with Crippen molar-refractivity contribution < 1.29 is 35.6 Å². The number of nitrogens with two attached hydrogens (primary N) is 1. The first kappa shape index (κ1) is 14.4. The molecule has 1 heterocycles. The number of hydrogen-bond donors (Lipinski definition) is 2. The Morgan fingerprint density at radius 3 is 2.22 bits per heavy atom. The number of fused-ring (bicyclic) bond motifs is 1. The van der Waals surface area contributed by atoms with E-state index in [2.05, 4.69) is 0 Å². The molecule has 10 heteroatoms. The van der Waals surface area contributed by atoms with E-state index in [0.717, 1.165) is 11.5 Å². The predicted molar refractivity (Wildman–Crippen MR) is 54.6 cm³/mol. The van der Waals surface area contributed by atoms with Gasteiger partial charge in [-0.3, -0.25) is 4.55 Å². The van der Waals surface area contributed by atoms with Crippen molar-refractivity contribution in [1.82, 2.24) is 0 Å². The topological polar surface area (TPSA) is 98.9 Å². The monoisotopic (exact) mass is 287 g/mol. The molecular weight excluding hydrogens is 279 g/mol. The number of benzene rings is 1. The maximum atomic E-state index is 10.7. The summed E-state index contributed by atoms with van der Waals surface area (Å²) >= 11 is 0. The highest BCUT2D eigenvalue weighted by Crippen LogP contribution is 2.32. The van der Waals surface area contributed by atoms with Crippen molar-refractivity contribution in [2.24, 2.45) is 0 Å². The molecule has 1 aliphatic rings. The second-order valence-corrected chi connectivity index (χ2v) is 4.45. The average molecular weight is 287 g/mol. The van der Waals surface area contributed by atoms with Crippen molar-refractivity contribution >= 4 is 15.8 Å². The summed E-state index contributed by atoms with van der Waals surface area (Å²) in [5.74, 6) is 1.51. The van der Waals surface area contributed by atoms with E-state index in [9.17, 15) is 13.2 Å². The minimum absolute atomic E-state index is 0.304. The quantitative estimate of drug-likeness (QED) is 0.425. The van der Waals surface area contributed by atoms with Crippen molar-refractivity contribution in [3.63, 3.8) is 0 Å². The molecule has 0 spiro atoms. The van der Waals surface area contributed by atoms with Gasteiger partial charge in [0.25, 0.3) is 0 Å². The minimum Gasteiger partial charge on any atom is -0.454 e. The average Bonchev–Trinajstić information content (AvgIpc) is 2.62. The molecular formula is C8H8F3NO5S. The van der Waals surface area contributed by atoms with Crippen LogP contribution in [0.5, 0.6) is 11.5 Å². The SMILES string of the molecule is Nc1ccc2c(c1)OCO2.O=S(=O)(O)C(F)(F)F. The zero-order valence-electron chi connectivity index (χ0n) is 8.64. The van der Waals surface area contributed by atoms with E-state index in [1.165, 1.54) is 0 Å². The highest BCUT2D eigenvalue weighted by atomic mass is 32.2. The van der Waals surface area contributed by atoms with E-state index in [1.54, 1.807) is 18.2 Å². The molecule has 0 amide bonds. The predicted octanol–water partition coefficient (Wildman–Crippen LogP) is 1.39. The Bertz CT molecular complexity index is 528. The van der Waals surface area contributed by atoms with Crippen LogP contribution in [-0.4, -0.2) is 25.3 Å². The van der Waals surface area contributed by atoms with E-state index in [1.807, 2.05) is 0 Å². The highest BCUT2D eigenvalue weighted by Gasteiger charge is 2.44. The van der Waals surface area contributed by atoms with E-state index < -0.39 is 15.6 Å². The Labute approximate surface area is 99.9 Å². The smallest absolute Gasteiger partial charge is 0.454 e. The zero-order valence-corrected chi connectivity index (χ0v) is 9.46. The van der Waals surface area contributed by atoms with Gasteiger partial charge in [0.15, 0.2) is 11.5 Å². The third kappa shape index (κ3) is 3.67. The van der Waals surface area contributed by atoms with Gasteiger partial charge in [-0.1, -0.05) is 0 Å². The molecule has 1 aromatic carbocycles. The number of nitrogen functional groups attached to an aromatic ring is 1. The van der Waals surface area contributed by atoms with Gasteiger partial charge in [-0.25, -0.2) is 0 Å². The molecule has 0 radical (unpaired) electrons.